The quantitative estimate of drug-likeness (QED) is 0.810. The highest BCUT2D eigenvalue weighted by atomic mass is 35.5. The number of halogens is 2. The van der Waals surface area contributed by atoms with Gasteiger partial charge in [0.25, 0.3) is 0 Å². The fourth-order valence-electron chi connectivity index (χ4n) is 1.52. The largest absolute Gasteiger partial charge is 0.374 e. The summed E-state index contributed by atoms with van der Waals surface area (Å²) in [6.07, 6.45) is 0.711. The van der Waals surface area contributed by atoms with Crippen LogP contribution >= 0.6 is 11.6 Å². The van der Waals surface area contributed by atoms with Gasteiger partial charge in [-0.2, -0.15) is 0 Å². The fraction of sp³-hybridized carbons (Fsp3) is 0.300. The normalized spacial score (nSPS) is 20.1. The van der Waals surface area contributed by atoms with Crippen LogP contribution in [-0.4, -0.2) is 18.5 Å². The van der Waals surface area contributed by atoms with Crippen molar-refractivity contribution in [2.75, 3.05) is 11.9 Å². The summed E-state index contributed by atoms with van der Waals surface area (Å²) in [4.78, 5) is 11.2. The van der Waals surface area contributed by atoms with Crippen molar-refractivity contribution in [3.05, 3.63) is 29.0 Å². The van der Waals surface area contributed by atoms with E-state index in [0.717, 1.165) is 0 Å². The number of carbonyl (C=O) groups excluding carboxylic acids is 1. The molecule has 1 aliphatic heterocycles. The molecule has 1 aromatic rings. The van der Waals surface area contributed by atoms with Gasteiger partial charge in [-0.3, -0.25) is 4.79 Å². The molecule has 80 valence electrons. The zero-order chi connectivity index (χ0) is 10.8. The molecule has 1 aliphatic rings. The first kappa shape index (κ1) is 10.2. The first-order valence-electron chi connectivity index (χ1n) is 4.66. The molecule has 2 N–H and O–H groups in total. The van der Waals surface area contributed by atoms with Crippen molar-refractivity contribution < 1.29 is 9.18 Å². The van der Waals surface area contributed by atoms with Gasteiger partial charge in [0, 0.05) is 12.2 Å². The van der Waals surface area contributed by atoms with Gasteiger partial charge < -0.3 is 10.6 Å². The third-order valence-corrected chi connectivity index (χ3v) is 2.62. The SMILES string of the molecule is O=C1NCC[C@H]1Nc1ccc(Cl)c(F)c1. The standard InChI is InChI=1S/C10H10ClFN2O/c11-7-2-1-6(5-8(7)12)14-9-3-4-13-10(9)15/h1-2,5,9,14H,3-4H2,(H,13,15)/t9-/m1/s1. The van der Waals surface area contributed by atoms with Crippen molar-refractivity contribution in [3.63, 3.8) is 0 Å². The summed E-state index contributed by atoms with van der Waals surface area (Å²) in [5.41, 5.74) is 0.568. The van der Waals surface area contributed by atoms with Crippen LogP contribution in [0.5, 0.6) is 0 Å². The molecule has 0 aliphatic carbocycles. The molecule has 1 heterocycles. The molecule has 1 fully saturated rings. The molecule has 3 nitrogen and oxygen atoms in total. The smallest absolute Gasteiger partial charge is 0.242 e. The van der Waals surface area contributed by atoms with Crippen LogP contribution in [0.1, 0.15) is 6.42 Å². The van der Waals surface area contributed by atoms with Crippen molar-refractivity contribution in [2.24, 2.45) is 0 Å². The number of benzene rings is 1. The maximum atomic E-state index is 13.1. The van der Waals surface area contributed by atoms with Gasteiger partial charge in [-0.25, -0.2) is 4.39 Å². The number of hydrogen-bond acceptors (Lipinski definition) is 2. The Morgan fingerprint density at radius 2 is 2.33 bits per heavy atom. The van der Waals surface area contributed by atoms with E-state index in [9.17, 15) is 9.18 Å². The van der Waals surface area contributed by atoms with E-state index in [1.54, 1.807) is 6.07 Å². The summed E-state index contributed by atoms with van der Waals surface area (Å²) in [6.45, 7) is 0.659. The second kappa shape index (κ2) is 4.06. The van der Waals surface area contributed by atoms with Crippen LogP contribution in [0.25, 0.3) is 0 Å². The van der Waals surface area contributed by atoms with Crippen molar-refractivity contribution in [1.29, 1.82) is 0 Å². The highest BCUT2D eigenvalue weighted by Gasteiger charge is 2.23. The highest BCUT2D eigenvalue weighted by molar-refractivity contribution is 6.30. The van der Waals surface area contributed by atoms with Gasteiger partial charge in [0.1, 0.15) is 11.9 Å². The lowest BCUT2D eigenvalue weighted by molar-refractivity contribution is -0.119. The molecular weight excluding hydrogens is 219 g/mol. The van der Waals surface area contributed by atoms with Gasteiger partial charge >= 0.3 is 0 Å². The van der Waals surface area contributed by atoms with Crippen molar-refractivity contribution in [2.45, 2.75) is 12.5 Å². The number of nitrogens with one attached hydrogen (secondary N) is 2. The summed E-state index contributed by atoms with van der Waals surface area (Å²) < 4.78 is 13.1. The Balaban J connectivity index is 2.10. The first-order valence-corrected chi connectivity index (χ1v) is 5.04. The van der Waals surface area contributed by atoms with Crippen LogP contribution in [-0.2, 0) is 4.79 Å². The molecule has 0 spiro atoms. The number of rotatable bonds is 2. The second-order valence-electron chi connectivity index (χ2n) is 3.41. The second-order valence-corrected chi connectivity index (χ2v) is 3.81. The molecular formula is C10H10ClFN2O. The molecule has 0 saturated carbocycles. The first-order chi connectivity index (χ1) is 7.16. The third kappa shape index (κ3) is 2.21. The number of amides is 1. The molecule has 0 radical (unpaired) electrons. The van der Waals surface area contributed by atoms with E-state index in [1.165, 1.54) is 12.1 Å². The summed E-state index contributed by atoms with van der Waals surface area (Å²) >= 11 is 5.54. The zero-order valence-corrected chi connectivity index (χ0v) is 8.64. The molecule has 1 aromatic carbocycles. The summed E-state index contributed by atoms with van der Waals surface area (Å²) in [5, 5.41) is 5.72. The molecule has 2 rings (SSSR count). The number of hydrogen-bond donors (Lipinski definition) is 2. The number of carbonyl (C=O) groups is 1. The Morgan fingerprint density at radius 3 is 2.93 bits per heavy atom. The Morgan fingerprint density at radius 1 is 1.53 bits per heavy atom. The summed E-state index contributed by atoms with van der Waals surface area (Å²) in [7, 11) is 0. The van der Waals surface area contributed by atoms with E-state index in [0.29, 0.717) is 18.7 Å². The molecule has 0 aromatic heterocycles. The topological polar surface area (TPSA) is 41.1 Å². The molecule has 15 heavy (non-hydrogen) atoms. The van der Waals surface area contributed by atoms with E-state index in [-0.39, 0.29) is 17.0 Å². The lowest BCUT2D eigenvalue weighted by atomic mass is 10.2. The Bertz CT molecular complexity index is 397. The van der Waals surface area contributed by atoms with Gasteiger partial charge in [0.05, 0.1) is 5.02 Å². The maximum Gasteiger partial charge on any atom is 0.242 e. The minimum Gasteiger partial charge on any atom is -0.374 e. The minimum absolute atomic E-state index is 0.0506. The van der Waals surface area contributed by atoms with E-state index in [4.69, 9.17) is 11.6 Å². The van der Waals surface area contributed by atoms with Crippen LogP contribution in [0, 0.1) is 5.82 Å². The molecule has 5 heteroatoms. The fourth-order valence-corrected chi connectivity index (χ4v) is 1.64. The van der Waals surface area contributed by atoms with Gasteiger partial charge in [0.2, 0.25) is 5.91 Å². The maximum absolute atomic E-state index is 13.1. The lowest BCUT2D eigenvalue weighted by Crippen LogP contribution is -2.29. The van der Waals surface area contributed by atoms with Crippen LogP contribution in [0.2, 0.25) is 5.02 Å². The lowest BCUT2D eigenvalue weighted by Gasteiger charge is -2.11. The van der Waals surface area contributed by atoms with Crippen LogP contribution in [0.4, 0.5) is 10.1 Å². The Kier molecular flexibility index (Phi) is 2.77. The van der Waals surface area contributed by atoms with Crippen molar-refractivity contribution in [1.82, 2.24) is 5.32 Å². The van der Waals surface area contributed by atoms with Crippen LogP contribution in [0.15, 0.2) is 18.2 Å². The third-order valence-electron chi connectivity index (χ3n) is 2.31. The van der Waals surface area contributed by atoms with E-state index in [1.807, 2.05) is 0 Å². The van der Waals surface area contributed by atoms with E-state index < -0.39 is 5.82 Å². The van der Waals surface area contributed by atoms with Crippen molar-refractivity contribution >= 4 is 23.2 Å². The Labute approximate surface area is 91.6 Å². The van der Waals surface area contributed by atoms with Gasteiger partial charge in [-0.05, 0) is 24.6 Å². The van der Waals surface area contributed by atoms with E-state index in [2.05, 4.69) is 10.6 Å². The monoisotopic (exact) mass is 228 g/mol. The van der Waals surface area contributed by atoms with E-state index >= 15 is 0 Å². The van der Waals surface area contributed by atoms with Gasteiger partial charge in [-0.15, -0.1) is 0 Å². The Hall–Kier alpha value is -1.29. The predicted molar refractivity (Wildman–Crippen MR) is 56.4 cm³/mol. The number of anilines is 1. The van der Waals surface area contributed by atoms with Gasteiger partial charge in [-0.1, -0.05) is 11.6 Å². The molecule has 1 saturated heterocycles. The van der Waals surface area contributed by atoms with Crippen LogP contribution < -0.4 is 10.6 Å². The van der Waals surface area contributed by atoms with Gasteiger partial charge in [0.15, 0.2) is 0 Å². The molecule has 1 amide bonds. The highest BCUT2D eigenvalue weighted by Crippen LogP contribution is 2.20. The minimum atomic E-state index is -0.486. The molecule has 0 unspecified atom stereocenters. The zero-order valence-electron chi connectivity index (χ0n) is 7.89. The average molecular weight is 229 g/mol. The molecule has 0 bridgehead atoms. The van der Waals surface area contributed by atoms with Crippen molar-refractivity contribution in [3.8, 4) is 0 Å². The average Bonchev–Trinajstić information content (AvgIpc) is 2.59. The van der Waals surface area contributed by atoms with Crippen LogP contribution in [0.3, 0.4) is 0 Å². The summed E-state index contributed by atoms with van der Waals surface area (Å²) in [5.74, 6) is -0.537. The molecule has 1 atom stereocenters. The summed E-state index contributed by atoms with van der Waals surface area (Å²) in [6, 6.07) is 4.13. The predicted octanol–water partition coefficient (Wildman–Crippen LogP) is 1.78.